The number of hydrogen-bond donors (Lipinski definition) is 1. The topological polar surface area (TPSA) is 86.8 Å². The predicted octanol–water partition coefficient (Wildman–Crippen LogP) is 1.60. The molecule has 0 radical (unpaired) electrons. The van der Waals surface area contributed by atoms with Gasteiger partial charge in [-0.05, 0) is 30.7 Å². The average Bonchev–Trinajstić information content (AvgIpc) is 2.20. The van der Waals surface area contributed by atoms with Gasteiger partial charge in [-0.1, -0.05) is 0 Å². The number of ether oxygens (including phenoxy) is 1. The Balaban J connectivity index is 2.23. The minimum Gasteiger partial charge on any atom is -0.422 e. The fraction of sp³-hybridized carbons (Fsp3) is 0.111. The number of nitrogen functional groups attached to an aromatic ring is 1. The summed E-state index contributed by atoms with van der Waals surface area (Å²) in [5.74, 6) is 0.516. The molecule has 2 heterocycles. The highest BCUT2D eigenvalue weighted by atomic mass is 35.5. The van der Waals surface area contributed by atoms with Gasteiger partial charge in [-0.25, -0.2) is 0 Å². The Morgan fingerprint density at radius 3 is 2.69 bits per heavy atom. The highest BCUT2D eigenvalue weighted by Gasteiger charge is 2.04. The molecule has 0 aromatic carbocycles. The number of nitrogens with zero attached hydrogens (tertiary/aromatic N) is 4. The van der Waals surface area contributed by atoms with Gasteiger partial charge >= 0.3 is 6.01 Å². The second-order valence-corrected chi connectivity index (χ2v) is 3.32. The number of aromatic nitrogens is 4. The van der Waals surface area contributed by atoms with Crippen LogP contribution < -0.4 is 10.5 Å². The zero-order chi connectivity index (χ0) is 11.5. The predicted molar refractivity (Wildman–Crippen MR) is 58.3 cm³/mol. The largest absolute Gasteiger partial charge is 0.422 e. The van der Waals surface area contributed by atoms with Gasteiger partial charge in [0.25, 0.3) is 0 Å². The van der Waals surface area contributed by atoms with E-state index < -0.39 is 0 Å². The van der Waals surface area contributed by atoms with Crippen LogP contribution in [-0.4, -0.2) is 19.9 Å². The summed E-state index contributed by atoms with van der Waals surface area (Å²) in [6, 6.07) is 3.60. The molecule has 7 heteroatoms. The zero-order valence-electron chi connectivity index (χ0n) is 8.38. The molecule has 0 aliphatic carbocycles. The Bertz CT molecular complexity index is 482. The number of halogens is 1. The van der Waals surface area contributed by atoms with E-state index in [0.717, 1.165) is 5.69 Å². The smallest absolute Gasteiger partial charge is 0.328 e. The second-order valence-electron chi connectivity index (χ2n) is 2.98. The van der Waals surface area contributed by atoms with E-state index in [-0.39, 0.29) is 17.2 Å². The number of aryl methyl sites for hydroxylation is 1. The van der Waals surface area contributed by atoms with Crippen LogP contribution in [0.3, 0.4) is 0 Å². The van der Waals surface area contributed by atoms with E-state index in [1.54, 1.807) is 12.3 Å². The minimum atomic E-state index is -0.0115. The van der Waals surface area contributed by atoms with Crippen molar-refractivity contribution >= 4 is 17.5 Å². The first-order chi connectivity index (χ1) is 7.63. The minimum absolute atomic E-state index is 0.00932. The number of anilines is 1. The van der Waals surface area contributed by atoms with Gasteiger partial charge in [0.15, 0.2) is 0 Å². The van der Waals surface area contributed by atoms with Crippen molar-refractivity contribution in [3.63, 3.8) is 0 Å². The molecule has 6 nitrogen and oxygen atoms in total. The first kappa shape index (κ1) is 10.6. The van der Waals surface area contributed by atoms with Gasteiger partial charge in [0.05, 0.1) is 6.20 Å². The van der Waals surface area contributed by atoms with Gasteiger partial charge in [0, 0.05) is 5.69 Å². The quantitative estimate of drug-likeness (QED) is 0.854. The van der Waals surface area contributed by atoms with Crippen molar-refractivity contribution < 1.29 is 4.74 Å². The third kappa shape index (κ3) is 2.54. The molecule has 0 spiro atoms. The van der Waals surface area contributed by atoms with E-state index >= 15 is 0 Å². The lowest BCUT2D eigenvalue weighted by Crippen LogP contribution is -2.00. The van der Waals surface area contributed by atoms with Crippen LogP contribution in [0.25, 0.3) is 0 Å². The van der Waals surface area contributed by atoms with Crippen LogP contribution in [0.15, 0.2) is 18.3 Å². The summed E-state index contributed by atoms with van der Waals surface area (Å²) in [4.78, 5) is 15.2. The van der Waals surface area contributed by atoms with Crippen LogP contribution >= 0.6 is 11.6 Å². The fourth-order valence-electron chi connectivity index (χ4n) is 1.01. The van der Waals surface area contributed by atoms with Crippen LogP contribution in [-0.2, 0) is 0 Å². The molecular weight excluding hydrogens is 230 g/mol. The van der Waals surface area contributed by atoms with Crippen LogP contribution in [0.5, 0.6) is 11.8 Å². The van der Waals surface area contributed by atoms with Crippen LogP contribution in [0.1, 0.15) is 5.69 Å². The summed E-state index contributed by atoms with van der Waals surface area (Å²) in [6.07, 6.45) is 1.56. The normalized spacial score (nSPS) is 10.1. The van der Waals surface area contributed by atoms with Crippen molar-refractivity contribution in [2.75, 3.05) is 5.73 Å². The molecule has 0 saturated carbocycles. The Morgan fingerprint density at radius 2 is 2.06 bits per heavy atom. The molecule has 2 aromatic rings. The summed E-state index contributed by atoms with van der Waals surface area (Å²) in [7, 11) is 0. The molecule has 0 atom stereocenters. The SMILES string of the molecule is Cc1ccc(Oc2nc(N)nc(Cl)n2)cn1. The number of hydrogen-bond acceptors (Lipinski definition) is 6. The van der Waals surface area contributed by atoms with Gasteiger partial charge < -0.3 is 10.5 Å². The number of rotatable bonds is 2. The fourth-order valence-corrected chi connectivity index (χ4v) is 1.17. The van der Waals surface area contributed by atoms with E-state index in [0.29, 0.717) is 5.75 Å². The van der Waals surface area contributed by atoms with E-state index in [9.17, 15) is 0 Å². The molecule has 0 unspecified atom stereocenters. The summed E-state index contributed by atoms with van der Waals surface area (Å²) in [5.41, 5.74) is 6.28. The molecule has 2 aromatic heterocycles. The van der Waals surface area contributed by atoms with Gasteiger partial charge in [-0.15, -0.1) is 0 Å². The molecule has 0 aliphatic rings. The third-order valence-electron chi connectivity index (χ3n) is 1.70. The van der Waals surface area contributed by atoms with E-state index in [1.807, 2.05) is 13.0 Å². The van der Waals surface area contributed by atoms with Crippen molar-refractivity contribution in [2.24, 2.45) is 0 Å². The summed E-state index contributed by atoms with van der Waals surface area (Å²) < 4.78 is 5.31. The third-order valence-corrected chi connectivity index (χ3v) is 1.87. The standard InChI is InChI=1S/C9H8ClN5O/c1-5-2-3-6(4-12-5)16-9-14-7(10)13-8(11)15-9/h2-4H,1H3,(H2,11,13,14,15). The molecule has 0 amide bonds. The molecule has 2 rings (SSSR count). The van der Waals surface area contributed by atoms with E-state index in [1.165, 1.54) is 0 Å². The summed E-state index contributed by atoms with van der Waals surface area (Å²) >= 11 is 5.60. The molecule has 2 N–H and O–H groups in total. The highest BCUT2D eigenvalue weighted by molar-refractivity contribution is 6.28. The lowest BCUT2D eigenvalue weighted by Gasteiger charge is -2.03. The van der Waals surface area contributed by atoms with Gasteiger partial charge in [-0.2, -0.15) is 15.0 Å². The maximum Gasteiger partial charge on any atom is 0.328 e. The van der Waals surface area contributed by atoms with Crippen molar-refractivity contribution in [3.8, 4) is 11.8 Å². The Labute approximate surface area is 96.5 Å². The van der Waals surface area contributed by atoms with Gasteiger partial charge in [-0.3, -0.25) is 4.98 Å². The molecule has 16 heavy (non-hydrogen) atoms. The van der Waals surface area contributed by atoms with Crippen molar-refractivity contribution in [1.29, 1.82) is 0 Å². The molecule has 0 bridgehead atoms. The Kier molecular flexibility index (Phi) is 2.82. The van der Waals surface area contributed by atoms with E-state index in [2.05, 4.69) is 19.9 Å². The molecule has 82 valence electrons. The van der Waals surface area contributed by atoms with E-state index in [4.69, 9.17) is 22.1 Å². The molecule has 0 aliphatic heterocycles. The van der Waals surface area contributed by atoms with Crippen molar-refractivity contribution in [3.05, 3.63) is 29.3 Å². The monoisotopic (exact) mass is 237 g/mol. The average molecular weight is 238 g/mol. The number of nitrogens with two attached hydrogens (primary N) is 1. The molecule has 0 saturated heterocycles. The summed E-state index contributed by atoms with van der Waals surface area (Å²) in [6.45, 7) is 1.88. The Hall–Kier alpha value is -1.95. The second kappa shape index (κ2) is 4.28. The van der Waals surface area contributed by atoms with Crippen molar-refractivity contribution in [1.82, 2.24) is 19.9 Å². The first-order valence-electron chi connectivity index (χ1n) is 4.41. The lowest BCUT2D eigenvalue weighted by atomic mass is 10.4. The molecular formula is C9H8ClN5O. The Morgan fingerprint density at radius 1 is 1.25 bits per heavy atom. The summed E-state index contributed by atoms with van der Waals surface area (Å²) in [5, 5.41) is -0.0115. The zero-order valence-corrected chi connectivity index (χ0v) is 9.14. The maximum atomic E-state index is 5.60. The van der Waals surface area contributed by atoms with Gasteiger partial charge in [0.1, 0.15) is 5.75 Å². The van der Waals surface area contributed by atoms with Crippen LogP contribution in [0.2, 0.25) is 5.28 Å². The van der Waals surface area contributed by atoms with Crippen LogP contribution in [0.4, 0.5) is 5.95 Å². The molecule has 0 fully saturated rings. The van der Waals surface area contributed by atoms with Crippen LogP contribution in [0, 0.1) is 6.92 Å². The van der Waals surface area contributed by atoms with Gasteiger partial charge in [0.2, 0.25) is 11.2 Å². The lowest BCUT2D eigenvalue weighted by molar-refractivity contribution is 0.438. The number of pyridine rings is 1. The maximum absolute atomic E-state index is 5.60. The highest BCUT2D eigenvalue weighted by Crippen LogP contribution is 2.18. The van der Waals surface area contributed by atoms with Crippen molar-refractivity contribution in [2.45, 2.75) is 6.92 Å². The first-order valence-corrected chi connectivity index (χ1v) is 4.79.